The molecule has 0 aromatic rings. The summed E-state index contributed by atoms with van der Waals surface area (Å²) in [5.41, 5.74) is 0. The lowest BCUT2D eigenvalue weighted by molar-refractivity contribution is -0.173. The molecule has 7 atom stereocenters. The molecule has 0 aliphatic carbocycles. The van der Waals surface area contributed by atoms with Crippen LogP contribution in [-0.2, 0) is 23.7 Å². The van der Waals surface area contributed by atoms with E-state index in [9.17, 15) is 4.79 Å². The van der Waals surface area contributed by atoms with Crippen LogP contribution in [-0.4, -0.2) is 55.0 Å². The molecular weight excluding hydrogens is 324 g/mol. The average molecular weight is 352 g/mol. The Labute approximate surface area is 148 Å². The van der Waals surface area contributed by atoms with Gasteiger partial charge in [-0.25, -0.2) is 0 Å². The molecule has 140 valence electrons. The van der Waals surface area contributed by atoms with Crippen LogP contribution in [0.5, 0.6) is 0 Å². The third-order valence-electron chi connectivity index (χ3n) is 5.87. The summed E-state index contributed by atoms with van der Waals surface area (Å²) in [5.74, 6) is 0.0602. The van der Waals surface area contributed by atoms with Crippen molar-refractivity contribution in [1.82, 2.24) is 0 Å². The number of unbranched alkanes of at least 4 members (excludes halogenated alkanes) is 1. The van der Waals surface area contributed by atoms with Crippen LogP contribution in [0.15, 0.2) is 12.2 Å². The van der Waals surface area contributed by atoms with Crippen molar-refractivity contribution in [1.29, 1.82) is 0 Å². The predicted molar refractivity (Wildman–Crippen MR) is 89.1 cm³/mol. The largest absolute Gasteiger partial charge is 0.481 e. The molecule has 0 aromatic heterocycles. The van der Waals surface area contributed by atoms with Crippen LogP contribution >= 0.6 is 0 Å². The van der Waals surface area contributed by atoms with Gasteiger partial charge in [0.1, 0.15) is 12.2 Å². The molecule has 0 radical (unpaired) electrons. The molecule has 1 unspecified atom stereocenters. The van der Waals surface area contributed by atoms with Gasteiger partial charge < -0.3 is 24.1 Å². The zero-order chi connectivity index (χ0) is 17.2. The van der Waals surface area contributed by atoms with E-state index in [1.807, 2.05) is 0 Å². The van der Waals surface area contributed by atoms with Crippen molar-refractivity contribution in [3.8, 4) is 0 Å². The molecule has 4 aliphatic heterocycles. The monoisotopic (exact) mass is 352 g/mol. The van der Waals surface area contributed by atoms with Crippen LogP contribution < -0.4 is 0 Å². The van der Waals surface area contributed by atoms with Gasteiger partial charge in [-0.3, -0.25) is 4.79 Å². The molecule has 2 bridgehead atoms. The van der Waals surface area contributed by atoms with Gasteiger partial charge in [0.05, 0.1) is 18.8 Å². The van der Waals surface area contributed by atoms with Gasteiger partial charge in [0, 0.05) is 18.9 Å². The van der Waals surface area contributed by atoms with Gasteiger partial charge in [0.2, 0.25) is 0 Å². The van der Waals surface area contributed by atoms with E-state index in [-0.39, 0.29) is 37.1 Å². The highest BCUT2D eigenvalue weighted by Gasteiger charge is 2.68. The summed E-state index contributed by atoms with van der Waals surface area (Å²) in [6, 6.07) is 0. The molecule has 0 saturated carbocycles. The molecule has 6 nitrogen and oxygen atoms in total. The number of hydrogen-bond donors (Lipinski definition) is 1. The number of carboxylic acid groups (broad SMARTS) is 1. The molecule has 0 spiro atoms. The quantitative estimate of drug-likeness (QED) is 0.390. The third kappa shape index (κ3) is 3.92. The van der Waals surface area contributed by atoms with Crippen LogP contribution in [0, 0.1) is 11.8 Å². The normalized spacial score (nSPS) is 42.0. The minimum atomic E-state index is -0.728. The Balaban J connectivity index is 1.26. The van der Waals surface area contributed by atoms with E-state index in [1.165, 1.54) is 6.42 Å². The van der Waals surface area contributed by atoms with Crippen molar-refractivity contribution in [3.63, 3.8) is 0 Å². The fourth-order valence-electron chi connectivity index (χ4n) is 4.51. The number of carbonyl (C=O) groups is 1. The first-order chi connectivity index (χ1) is 12.2. The molecule has 0 aromatic carbocycles. The van der Waals surface area contributed by atoms with Gasteiger partial charge in [0.25, 0.3) is 0 Å². The maximum Gasteiger partial charge on any atom is 0.303 e. The molecule has 4 saturated heterocycles. The smallest absolute Gasteiger partial charge is 0.303 e. The highest BCUT2D eigenvalue weighted by molar-refractivity contribution is 5.66. The Morgan fingerprint density at radius 3 is 2.64 bits per heavy atom. The van der Waals surface area contributed by atoms with Gasteiger partial charge in [0.15, 0.2) is 6.29 Å². The summed E-state index contributed by atoms with van der Waals surface area (Å²) in [7, 11) is 0. The van der Waals surface area contributed by atoms with Gasteiger partial charge in [-0.2, -0.15) is 0 Å². The van der Waals surface area contributed by atoms with Crippen molar-refractivity contribution >= 4 is 5.97 Å². The predicted octanol–water partition coefficient (Wildman–Crippen LogP) is 2.51. The average Bonchev–Trinajstić information content (AvgIpc) is 3.24. The number of hydrogen-bond acceptors (Lipinski definition) is 5. The molecule has 4 heterocycles. The second kappa shape index (κ2) is 7.74. The van der Waals surface area contributed by atoms with Gasteiger partial charge in [-0.15, -0.1) is 0 Å². The van der Waals surface area contributed by atoms with E-state index in [0.29, 0.717) is 24.9 Å². The fraction of sp³-hybridized carbons (Fsp3) is 0.842. The first-order valence-corrected chi connectivity index (χ1v) is 9.65. The summed E-state index contributed by atoms with van der Waals surface area (Å²) in [5, 5.41) is 8.67. The number of ether oxygens (including phenoxy) is 4. The zero-order valence-corrected chi connectivity index (χ0v) is 14.5. The second-order valence-electron chi connectivity index (χ2n) is 7.58. The van der Waals surface area contributed by atoms with E-state index in [2.05, 4.69) is 12.2 Å². The number of allylic oxidation sites excluding steroid dienone is 2. The molecule has 4 aliphatic rings. The van der Waals surface area contributed by atoms with Crippen molar-refractivity contribution in [2.75, 3.05) is 13.2 Å². The van der Waals surface area contributed by atoms with Crippen molar-refractivity contribution < 1.29 is 28.8 Å². The maximum absolute atomic E-state index is 10.5. The lowest BCUT2D eigenvalue weighted by Gasteiger charge is -2.28. The van der Waals surface area contributed by atoms with E-state index in [0.717, 1.165) is 32.3 Å². The first kappa shape index (κ1) is 17.5. The molecule has 4 fully saturated rings. The van der Waals surface area contributed by atoms with Gasteiger partial charge >= 0.3 is 5.97 Å². The van der Waals surface area contributed by atoms with Crippen LogP contribution in [0.25, 0.3) is 0 Å². The summed E-state index contributed by atoms with van der Waals surface area (Å²) in [4.78, 5) is 10.5. The Kier molecular flexibility index (Phi) is 5.41. The zero-order valence-electron chi connectivity index (χ0n) is 14.5. The first-order valence-electron chi connectivity index (χ1n) is 9.65. The molecule has 0 amide bonds. The molecule has 25 heavy (non-hydrogen) atoms. The Morgan fingerprint density at radius 1 is 1.08 bits per heavy atom. The summed E-state index contributed by atoms with van der Waals surface area (Å²) >= 11 is 0. The van der Waals surface area contributed by atoms with E-state index >= 15 is 0 Å². The molecule has 4 rings (SSSR count). The second-order valence-corrected chi connectivity index (χ2v) is 7.58. The Hall–Kier alpha value is -0.950. The Morgan fingerprint density at radius 2 is 1.88 bits per heavy atom. The van der Waals surface area contributed by atoms with Crippen LogP contribution in [0.4, 0.5) is 0 Å². The lowest BCUT2D eigenvalue weighted by Crippen LogP contribution is -2.37. The summed E-state index contributed by atoms with van der Waals surface area (Å²) in [6.07, 6.45) is 11.1. The van der Waals surface area contributed by atoms with Crippen molar-refractivity contribution in [3.05, 3.63) is 12.2 Å². The lowest BCUT2D eigenvalue weighted by atomic mass is 9.78. The number of fused-ring (bicyclic) bond motifs is 5. The van der Waals surface area contributed by atoms with E-state index in [1.54, 1.807) is 0 Å². The van der Waals surface area contributed by atoms with Crippen LogP contribution in [0.1, 0.15) is 44.9 Å². The minimum absolute atomic E-state index is 0.0593. The van der Waals surface area contributed by atoms with Crippen LogP contribution in [0.3, 0.4) is 0 Å². The molecular formula is C19H28O6. The molecule has 6 heteroatoms. The number of epoxide rings is 1. The summed E-state index contributed by atoms with van der Waals surface area (Å²) < 4.78 is 23.6. The highest BCUT2D eigenvalue weighted by atomic mass is 16.7. The fourth-order valence-corrected chi connectivity index (χ4v) is 4.51. The van der Waals surface area contributed by atoms with E-state index in [4.69, 9.17) is 24.1 Å². The summed E-state index contributed by atoms with van der Waals surface area (Å²) in [6.45, 7) is 1.48. The number of aliphatic carboxylic acids is 1. The highest BCUT2D eigenvalue weighted by Crippen LogP contribution is 2.55. The third-order valence-corrected chi connectivity index (χ3v) is 5.87. The van der Waals surface area contributed by atoms with Gasteiger partial charge in [-0.1, -0.05) is 12.2 Å². The minimum Gasteiger partial charge on any atom is -0.481 e. The van der Waals surface area contributed by atoms with Crippen LogP contribution in [0.2, 0.25) is 0 Å². The number of carboxylic acids is 1. The van der Waals surface area contributed by atoms with Gasteiger partial charge in [-0.05, 0) is 44.4 Å². The number of rotatable bonds is 9. The Bertz CT molecular complexity index is 500. The van der Waals surface area contributed by atoms with Crippen molar-refractivity contribution in [2.24, 2.45) is 11.8 Å². The topological polar surface area (TPSA) is 77.5 Å². The standard InChI is InChI=1S/C19H28O6/c20-14(21)8-4-2-1-3-7-12-13(11-23-15-9-5-6-10-22-15)17-19-18(25-19)16(12)24-17/h1,3,12-13,15-19H,2,4-11H2,(H,20,21)/b3-1-/t12-,13+,15?,16+,17-,18-,19+/m0/s1. The van der Waals surface area contributed by atoms with E-state index < -0.39 is 5.97 Å². The SMILES string of the molecule is O=C(O)CCC/C=C\C[C@H]1[C@@H](COC2CCCCO2)[C@@H]2O[C@H]1[C@@H]1O[C@@H]12. The van der Waals surface area contributed by atoms with Crippen molar-refractivity contribution in [2.45, 2.75) is 75.7 Å². The maximum atomic E-state index is 10.5. The molecule has 1 N–H and O–H groups in total.